The summed E-state index contributed by atoms with van der Waals surface area (Å²) in [5.41, 5.74) is 5.53. The van der Waals surface area contributed by atoms with E-state index in [1.54, 1.807) is 6.07 Å². The second kappa shape index (κ2) is 4.97. The number of nitrogens with one attached hydrogen (secondary N) is 1. The van der Waals surface area contributed by atoms with Crippen molar-refractivity contribution in [3.05, 3.63) is 11.3 Å². The van der Waals surface area contributed by atoms with Crippen LogP contribution in [0.1, 0.15) is 13.8 Å². The van der Waals surface area contributed by atoms with Crippen LogP contribution in [0.3, 0.4) is 0 Å². The van der Waals surface area contributed by atoms with Crippen LogP contribution in [0, 0.1) is 5.92 Å². The van der Waals surface area contributed by atoms with Gasteiger partial charge in [-0.3, -0.25) is 0 Å². The predicted molar refractivity (Wildman–Crippen MR) is 67.7 cm³/mol. The molecule has 0 bridgehead atoms. The highest BCUT2D eigenvalue weighted by Gasteiger charge is 2.09. The summed E-state index contributed by atoms with van der Waals surface area (Å²) < 4.78 is 0.290. The highest BCUT2D eigenvalue weighted by atomic mass is 127. The molecule has 0 fully saturated rings. The van der Waals surface area contributed by atoms with Gasteiger partial charge in [0.15, 0.2) is 0 Å². The van der Waals surface area contributed by atoms with Gasteiger partial charge in [0.25, 0.3) is 0 Å². The molecule has 0 amide bonds. The summed E-state index contributed by atoms with van der Waals surface area (Å²) in [5, 5.41) is 3.36. The van der Waals surface area contributed by atoms with Gasteiger partial charge in [0, 0.05) is 6.07 Å². The van der Waals surface area contributed by atoms with Crippen molar-refractivity contribution >= 4 is 45.8 Å². The van der Waals surface area contributed by atoms with Gasteiger partial charge in [-0.05, 0) is 17.5 Å². The van der Waals surface area contributed by atoms with Crippen molar-refractivity contribution < 1.29 is 0 Å². The number of aromatic nitrogens is 2. The Bertz CT molecular complexity index is 298. The number of nitrogens with two attached hydrogens (primary N) is 1. The Labute approximate surface area is 102 Å². The number of hydrogen-bond acceptors (Lipinski definition) is 4. The molecule has 1 heterocycles. The van der Waals surface area contributed by atoms with Crippen molar-refractivity contribution in [2.75, 3.05) is 11.1 Å². The summed E-state index contributed by atoms with van der Waals surface area (Å²) in [6, 6.07) is 1.67. The van der Waals surface area contributed by atoms with Crippen molar-refractivity contribution in [2.45, 2.75) is 17.9 Å². The summed E-state index contributed by atoms with van der Waals surface area (Å²) >= 11 is 7.97. The zero-order valence-electron chi connectivity index (χ0n) is 7.96. The van der Waals surface area contributed by atoms with Crippen LogP contribution in [0.25, 0.3) is 0 Å². The maximum Gasteiger partial charge on any atom is 0.226 e. The van der Waals surface area contributed by atoms with Crippen molar-refractivity contribution in [3.8, 4) is 0 Å². The van der Waals surface area contributed by atoms with Crippen molar-refractivity contribution in [1.82, 2.24) is 9.97 Å². The van der Waals surface area contributed by atoms with Gasteiger partial charge in [-0.2, -0.15) is 0 Å². The smallest absolute Gasteiger partial charge is 0.226 e. The summed E-state index contributed by atoms with van der Waals surface area (Å²) in [6.45, 7) is 4.24. The molecular formula is C8H12ClIN4. The lowest BCUT2D eigenvalue weighted by Crippen LogP contribution is -2.19. The Morgan fingerprint density at radius 2 is 2.14 bits per heavy atom. The highest BCUT2D eigenvalue weighted by Crippen LogP contribution is 2.18. The van der Waals surface area contributed by atoms with E-state index < -0.39 is 0 Å². The molecule has 78 valence electrons. The van der Waals surface area contributed by atoms with Crippen LogP contribution in [-0.4, -0.2) is 14.0 Å². The third kappa shape index (κ3) is 3.45. The Balaban J connectivity index is 2.76. The Morgan fingerprint density at radius 1 is 1.50 bits per heavy atom. The van der Waals surface area contributed by atoms with E-state index in [2.05, 4.69) is 51.7 Å². The zero-order valence-corrected chi connectivity index (χ0v) is 10.9. The van der Waals surface area contributed by atoms with E-state index in [0.29, 0.717) is 17.6 Å². The van der Waals surface area contributed by atoms with Crippen molar-refractivity contribution in [3.63, 3.8) is 0 Å². The van der Waals surface area contributed by atoms with E-state index >= 15 is 0 Å². The number of halogens is 2. The van der Waals surface area contributed by atoms with Crippen LogP contribution in [0.5, 0.6) is 0 Å². The van der Waals surface area contributed by atoms with Gasteiger partial charge in [-0.1, -0.05) is 36.4 Å². The summed E-state index contributed by atoms with van der Waals surface area (Å²) in [6.07, 6.45) is 0. The quantitative estimate of drug-likeness (QED) is 0.388. The molecule has 0 unspecified atom stereocenters. The molecule has 14 heavy (non-hydrogen) atoms. The number of alkyl halides is 1. The maximum atomic E-state index is 5.67. The molecule has 1 rings (SSSR count). The van der Waals surface area contributed by atoms with Gasteiger partial charge in [-0.15, -0.1) is 0 Å². The first-order valence-electron chi connectivity index (χ1n) is 4.19. The van der Waals surface area contributed by atoms with E-state index in [9.17, 15) is 0 Å². The van der Waals surface area contributed by atoms with Crippen LogP contribution in [0.4, 0.5) is 11.6 Å². The first-order chi connectivity index (χ1) is 6.49. The molecule has 0 aliphatic carbocycles. The third-order valence-corrected chi connectivity index (χ3v) is 3.51. The fourth-order valence-electron chi connectivity index (χ4n) is 0.817. The molecule has 1 aromatic rings. The van der Waals surface area contributed by atoms with Crippen molar-refractivity contribution in [1.29, 1.82) is 0 Å². The molecule has 1 atom stereocenters. The fraction of sp³-hybridized carbons (Fsp3) is 0.500. The number of rotatable bonds is 3. The molecule has 0 aliphatic heterocycles. The highest BCUT2D eigenvalue weighted by molar-refractivity contribution is 14.1. The van der Waals surface area contributed by atoms with E-state index in [1.165, 1.54) is 0 Å². The lowest BCUT2D eigenvalue weighted by Gasteiger charge is -2.16. The SMILES string of the molecule is CC(C)[C@H](I)Nc1cc(N)nc(Cl)n1. The molecule has 0 aliphatic rings. The molecule has 0 saturated carbocycles. The van der Waals surface area contributed by atoms with E-state index in [4.69, 9.17) is 17.3 Å². The van der Waals surface area contributed by atoms with Gasteiger partial charge in [-0.25, -0.2) is 9.97 Å². The molecule has 1 aromatic heterocycles. The third-order valence-electron chi connectivity index (χ3n) is 1.59. The van der Waals surface area contributed by atoms with Crippen LogP contribution in [0.2, 0.25) is 5.28 Å². The van der Waals surface area contributed by atoms with E-state index in [1.807, 2.05) is 0 Å². The fourth-order valence-corrected chi connectivity index (χ4v) is 1.33. The Hall–Kier alpha value is -0.300. The van der Waals surface area contributed by atoms with Crippen LogP contribution in [0.15, 0.2) is 6.07 Å². The normalized spacial score (nSPS) is 12.9. The van der Waals surface area contributed by atoms with Crippen LogP contribution in [-0.2, 0) is 0 Å². The molecule has 6 heteroatoms. The molecular weight excluding hydrogens is 314 g/mol. The second-order valence-electron chi connectivity index (χ2n) is 3.24. The van der Waals surface area contributed by atoms with Gasteiger partial charge < -0.3 is 11.1 Å². The minimum atomic E-state index is 0.167. The van der Waals surface area contributed by atoms with Crippen LogP contribution >= 0.6 is 34.2 Å². The van der Waals surface area contributed by atoms with Crippen LogP contribution < -0.4 is 11.1 Å². The van der Waals surface area contributed by atoms with Gasteiger partial charge in [0.1, 0.15) is 11.6 Å². The Morgan fingerprint density at radius 3 is 2.64 bits per heavy atom. The van der Waals surface area contributed by atoms with Gasteiger partial charge in [0.2, 0.25) is 5.28 Å². The summed E-state index contributed by atoms with van der Waals surface area (Å²) in [4.78, 5) is 7.79. The predicted octanol–water partition coefficient (Wildman–Crippen LogP) is 2.54. The zero-order chi connectivity index (χ0) is 10.7. The number of nitrogens with zero attached hydrogens (tertiary/aromatic N) is 2. The topological polar surface area (TPSA) is 63.8 Å². The number of nitrogen functional groups attached to an aromatic ring is 1. The average Bonchev–Trinajstić information content (AvgIpc) is 2.01. The largest absolute Gasteiger partial charge is 0.383 e. The average molecular weight is 327 g/mol. The summed E-state index contributed by atoms with van der Waals surface area (Å²) in [7, 11) is 0. The minimum absolute atomic E-state index is 0.167. The lowest BCUT2D eigenvalue weighted by atomic mass is 10.2. The van der Waals surface area contributed by atoms with Gasteiger partial charge in [0.05, 0.1) is 4.05 Å². The van der Waals surface area contributed by atoms with E-state index in [0.717, 1.165) is 0 Å². The monoisotopic (exact) mass is 326 g/mol. The van der Waals surface area contributed by atoms with Crippen molar-refractivity contribution in [2.24, 2.45) is 5.92 Å². The number of anilines is 2. The molecule has 3 N–H and O–H groups in total. The molecule has 0 aromatic carbocycles. The molecule has 4 nitrogen and oxygen atoms in total. The first kappa shape index (κ1) is 11.8. The number of hydrogen-bond donors (Lipinski definition) is 2. The molecule has 0 spiro atoms. The summed E-state index contributed by atoms with van der Waals surface area (Å²) in [5.74, 6) is 1.54. The first-order valence-corrected chi connectivity index (χ1v) is 5.82. The van der Waals surface area contributed by atoms with Gasteiger partial charge >= 0.3 is 0 Å². The lowest BCUT2D eigenvalue weighted by molar-refractivity contribution is 0.667. The minimum Gasteiger partial charge on any atom is -0.383 e. The molecule has 0 saturated heterocycles. The molecule has 0 radical (unpaired) electrons. The second-order valence-corrected chi connectivity index (χ2v) is 4.92. The van der Waals surface area contributed by atoms with E-state index in [-0.39, 0.29) is 9.33 Å². The standard InChI is InChI=1S/C8H12ClIN4/c1-4(2)7(10)13-6-3-5(11)12-8(9)14-6/h3-4,7H,1-2H3,(H3,11,12,13,14)/t7-/m1/s1. The Kier molecular flexibility index (Phi) is 4.18. The maximum absolute atomic E-state index is 5.67.